The quantitative estimate of drug-likeness (QED) is 0.596. The fourth-order valence-corrected chi connectivity index (χ4v) is 4.77. The van der Waals surface area contributed by atoms with Crippen LogP contribution < -0.4 is 5.32 Å². The smallest absolute Gasteiger partial charge is 0.225 e. The van der Waals surface area contributed by atoms with Gasteiger partial charge in [0.1, 0.15) is 5.82 Å². The van der Waals surface area contributed by atoms with E-state index in [-0.39, 0.29) is 17.6 Å². The molecule has 4 rings (SSSR count). The molecule has 1 aliphatic heterocycles. The lowest BCUT2D eigenvalue weighted by Crippen LogP contribution is -2.22. The number of rotatable bonds is 3. The number of carbonyl (C=O) groups excluding carboxylic acids is 1. The second kappa shape index (κ2) is 6.65. The molecule has 1 atom stereocenters. The summed E-state index contributed by atoms with van der Waals surface area (Å²) in [6, 6.07) is 15.0. The summed E-state index contributed by atoms with van der Waals surface area (Å²) in [5, 5.41) is 4.90. The highest BCUT2D eigenvalue weighted by atomic mass is 32.2. The molecule has 0 spiro atoms. The van der Waals surface area contributed by atoms with Gasteiger partial charge < -0.3 is 5.32 Å². The molecule has 25 heavy (non-hydrogen) atoms. The number of thiophene rings is 1. The Morgan fingerprint density at radius 2 is 1.88 bits per heavy atom. The summed E-state index contributed by atoms with van der Waals surface area (Å²) in [7, 11) is 0. The monoisotopic (exact) mass is 369 g/mol. The van der Waals surface area contributed by atoms with Crippen LogP contribution in [-0.2, 0) is 4.79 Å². The Morgan fingerprint density at radius 1 is 1.12 bits per heavy atom. The molecule has 1 N–H and O–H groups in total. The molecule has 1 aromatic heterocycles. The van der Waals surface area contributed by atoms with Gasteiger partial charge in [-0.25, -0.2) is 4.39 Å². The maximum atomic E-state index is 14.2. The van der Waals surface area contributed by atoms with Crippen LogP contribution in [0.1, 0.15) is 22.8 Å². The molecular weight excluding hydrogens is 353 g/mol. The lowest BCUT2D eigenvalue weighted by molar-refractivity contribution is -0.116. The van der Waals surface area contributed by atoms with Gasteiger partial charge in [0.2, 0.25) is 5.91 Å². The molecule has 0 aliphatic carbocycles. The van der Waals surface area contributed by atoms with Gasteiger partial charge in [0.05, 0.1) is 5.69 Å². The van der Waals surface area contributed by atoms with E-state index in [9.17, 15) is 9.18 Å². The molecule has 0 fully saturated rings. The molecule has 3 aromatic rings. The van der Waals surface area contributed by atoms with Gasteiger partial charge in [0.25, 0.3) is 0 Å². The number of hydrogen-bond acceptors (Lipinski definition) is 3. The van der Waals surface area contributed by atoms with Crippen LogP contribution in [0.3, 0.4) is 0 Å². The molecule has 0 saturated heterocycles. The maximum Gasteiger partial charge on any atom is 0.225 e. The first-order valence-corrected chi connectivity index (χ1v) is 10.1. The molecule has 5 heteroatoms. The lowest BCUT2D eigenvalue weighted by atomic mass is 9.89. The average molecular weight is 369 g/mol. The van der Waals surface area contributed by atoms with Gasteiger partial charge in [-0.05, 0) is 30.0 Å². The van der Waals surface area contributed by atoms with Crippen molar-refractivity contribution in [2.75, 3.05) is 11.6 Å². The van der Waals surface area contributed by atoms with E-state index in [0.29, 0.717) is 12.0 Å². The number of benzene rings is 2. The molecule has 0 saturated carbocycles. The van der Waals surface area contributed by atoms with Crippen molar-refractivity contribution in [3.05, 3.63) is 70.2 Å². The van der Waals surface area contributed by atoms with E-state index in [1.54, 1.807) is 35.2 Å². The fraction of sp³-hybridized carbons (Fsp3) is 0.150. The number of hydrogen-bond donors (Lipinski definition) is 1. The minimum Gasteiger partial charge on any atom is -0.325 e. The zero-order valence-electron chi connectivity index (χ0n) is 13.6. The number of halogens is 1. The van der Waals surface area contributed by atoms with E-state index in [0.717, 1.165) is 21.7 Å². The van der Waals surface area contributed by atoms with E-state index in [2.05, 4.69) is 29.6 Å². The average Bonchev–Trinajstić information content (AvgIpc) is 3.05. The highest BCUT2D eigenvalue weighted by Crippen LogP contribution is 2.47. The number of nitrogens with one attached hydrogen (secondary N) is 1. The number of anilines is 1. The summed E-state index contributed by atoms with van der Waals surface area (Å²) in [6.45, 7) is 0. The zero-order chi connectivity index (χ0) is 17.4. The topological polar surface area (TPSA) is 29.1 Å². The van der Waals surface area contributed by atoms with Crippen LogP contribution >= 0.6 is 23.1 Å². The van der Waals surface area contributed by atoms with Crippen LogP contribution in [0.15, 0.2) is 58.8 Å². The predicted octanol–water partition coefficient (Wildman–Crippen LogP) is 5.75. The van der Waals surface area contributed by atoms with Gasteiger partial charge in [-0.1, -0.05) is 30.3 Å². The fourth-order valence-electron chi connectivity index (χ4n) is 3.21. The van der Waals surface area contributed by atoms with Gasteiger partial charge in [-0.2, -0.15) is 0 Å². The van der Waals surface area contributed by atoms with Crippen molar-refractivity contribution >= 4 is 34.7 Å². The first-order valence-electron chi connectivity index (χ1n) is 7.97. The minimum atomic E-state index is -0.274. The van der Waals surface area contributed by atoms with Gasteiger partial charge in [-0.15, -0.1) is 23.1 Å². The third-order valence-electron chi connectivity index (χ3n) is 4.47. The molecule has 1 unspecified atom stereocenters. The Kier molecular flexibility index (Phi) is 4.36. The highest BCUT2D eigenvalue weighted by molar-refractivity contribution is 7.98. The van der Waals surface area contributed by atoms with E-state index in [4.69, 9.17) is 0 Å². The molecule has 2 nitrogen and oxygen atoms in total. The molecule has 1 amide bonds. The zero-order valence-corrected chi connectivity index (χ0v) is 15.2. The van der Waals surface area contributed by atoms with Crippen molar-refractivity contribution in [1.82, 2.24) is 0 Å². The van der Waals surface area contributed by atoms with Crippen molar-refractivity contribution in [1.29, 1.82) is 0 Å². The third-order valence-corrected chi connectivity index (χ3v) is 6.31. The summed E-state index contributed by atoms with van der Waals surface area (Å²) in [6.07, 6.45) is 2.46. The number of fused-ring (bicyclic) bond motifs is 1. The Morgan fingerprint density at radius 3 is 2.60 bits per heavy atom. The van der Waals surface area contributed by atoms with Crippen molar-refractivity contribution in [2.24, 2.45) is 0 Å². The van der Waals surface area contributed by atoms with Crippen LogP contribution in [0.2, 0.25) is 0 Å². The molecule has 2 heterocycles. The number of amides is 1. The van der Waals surface area contributed by atoms with Crippen molar-refractivity contribution < 1.29 is 9.18 Å². The van der Waals surface area contributed by atoms with Gasteiger partial charge in [0, 0.05) is 38.6 Å². The van der Waals surface area contributed by atoms with Gasteiger partial charge in [-0.3, -0.25) is 4.79 Å². The maximum absolute atomic E-state index is 14.2. The van der Waals surface area contributed by atoms with Crippen LogP contribution in [0.25, 0.3) is 11.1 Å². The standard InChI is InChI=1S/C20H16FNOS2/c1-24-13-8-6-12(7-9-13)15-10-18(23)22-19-16(11-25-20(15)19)14-4-2-3-5-17(14)21/h2-9,11,15H,10H2,1H3,(H,22,23). The van der Waals surface area contributed by atoms with E-state index in [1.807, 2.05) is 17.7 Å². The molecule has 0 bridgehead atoms. The highest BCUT2D eigenvalue weighted by Gasteiger charge is 2.30. The van der Waals surface area contributed by atoms with Crippen LogP contribution in [0.5, 0.6) is 0 Å². The largest absolute Gasteiger partial charge is 0.325 e. The van der Waals surface area contributed by atoms with Gasteiger partial charge >= 0.3 is 0 Å². The van der Waals surface area contributed by atoms with Crippen molar-refractivity contribution in [2.45, 2.75) is 17.2 Å². The molecule has 0 radical (unpaired) electrons. The Labute approximate surface area is 154 Å². The lowest BCUT2D eigenvalue weighted by Gasteiger charge is -2.24. The summed E-state index contributed by atoms with van der Waals surface area (Å²) < 4.78 is 14.2. The number of thioether (sulfide) groups is 1. The molecular formula is C20H16FNOS2. The molecule has 1 aliphatic rings. The summed E-state index contributed by atoms with van der Waals surface area (Å²) in [5.41, 5.74) is 3.16. The third kappa shape index (κ3) is 2.98. The Bertz CT molecular complexity index is 933. The summed E-state index contributed by atoms with van der Waals surface area (Å²) >= 11 is 3.28. The Hall–Kier alpha value is -2.11. The van der Waals surface area contributed by atoms with Crippen LogP contribution in [-0.4, -0.2) is 12.2 Å². The normalized spacial score (nSPS) is 16.4. The first-order chi connectivity index (χ1) is 12.2. The van der Waals surface area contributed by atoms with Crippen LogP contribution in [0, 0.1) is 5.82 Å². The van der Waals surface area contributed by atoms with E-state index >= 15 is 0 Å². The van der Waals surface area contributed by atoms with E-state index < -0.39 is 0 Å². The molecule has 126 valence electrons. The SMILES string of the molecule is CSc1ccc(C2CC(=O)Nc3c(-c4ccccc4F)csc32)cc1. The first kappa shape index (κ1) is 16.4. The summed E-state index contributed by atoms with van der Waals surface area (Å²) in [4.78, 5) is 14.6. The van der Waals surface area contributed by atoms with E-state index in [1.165, 1.54) is 11.0 Å². The second-order valence-corrected chi connectivity index (χ2v) is 7.74. The Balaban J connectivity index is 1.80. The number of carbonyl (C=O) groups is 1. The van der Waals surface area contributed by atoms with Gasteiger partial charge in [0.15, 0.2) is 0 Å². The van der Waals surface area contributed by atoms with Crippen molar-refractivity contribution in [3.63, 3.8) is 0 Å². The summed E-state index contributed by atoms with van der Waals surface area (Å²) in [5.74, 6) is -0.281. The molecule has 2 aromatic carbocycles. The minimum absolute atomic E-state index is 0.0187. The van der Waals surface area contributed by atoms with Crippen LogP contribution in [0.4, 0.5) is 10.1 Å². The predicted molar refractivity (Wildman–Crippen MR) is 103 cm³/mol. The van der Waals surface area contributed by atoms with Crippen molar-refractivity contribution in [3.8, 4) is 11.1 Å². The second-order valence-electron chi connectivity index (χ2n) is 5.95.